The maximum absolute atomic E-state index is 13.3. The SMILES string of the molecule is Nc1ccc(C(=O)N2CCCC2CCO)cc1F. The molecule has 1 aliphatic heterocycles. The zero-order chi connectivity index (χ0) is 13.1. The molecular weight excluding hydrogens is 235 g/mol. The topological polar surface area (TPSA) is 66.6 Å². The van der Waals surface area contributed by atoms with Gasteiger partial charge in [0.1, 0.15) is 5.82 Å². The van der Waals surface area contributed by atoms with Crippen molar-refractivity contribution in [2.75, 3.05) is 18.9 Å². The molecule has 0 aromatic heterocycles. The highest BCUT2D eigenvalue weighted by molar-refractivity contribution is 5.95. The monoisotopic (exact) mass is 252 g/mol. The van der Waals surface area contributed by atoms with E-state index in [2.05, 4.69) is 0 Å². The number of nitrogens with two attached hydrogens (primary N) is 1. The summed E-state index contributed by atoms with van der Waals surface area (Å²) in [6.07, 6.45) is 2.39. The molecule has 1 atom stereocenters. The highest BCUT2D eigenvalue weighted by Crippen LogP contribution is 2.23. The van der Waals surface area contributed by atoms with Crippen LogP contribution in [0.4, 0.5) is 10.1 Å². The first-order valence-corrected chi connectivity index (χ1v) is 6.10. The van der Waals surface area contributed by atoms with E-state index >= 15 is 0 Å². The Morgan fingerprint density at radius 3 is 3.00 bits per heavy atom. The Hall–Kier alpha value is -1.62. The number of carbonyl (C=O) groups is 1. The molecule has 1 saturated heterocycles. The van der Waals surface area contributed by atoms with Gasteiger partial charge >= 0.3 is 0 Å². The number of amides is 1. The summed E-state index contributed by atoms with van der Waals surface area (Å²) in [6.45, 7) is 0.722. The number of benzene rings is 1. The van der Waals surface area contributed by atoms with E-state index in [-0.39, 0.29) is 24.2 Å². The van der Waals surface area contributed by atoms with Crippen molar-refractivity contribution in [1.82, 2.24) is 4.90 Å². The van der Waals surface area contributed by atoms with Crippen LogP contribution in [-0.2, 0) is 0 Å². The predicted molar refractivity (Wildman–Crippen MR) is 66.6 cm³/mol. The summed E-state index contributed by atoms with van der Waals surface area (Å²) < 4.78 is 13.3. The molecule has 1 aliphatic rings. The third-order valence-corrected chi connectivity index (χ3v) is 3.35. The van der Waals surface area contributed by atoms with Crippen molar-refractivity contribution in [3.63, 3.8) is 0 Å². The van der Waals surface area contributed by atoms with Gasteiger partial charge in [-0.05, 0) is 37.5 Å². The molecule has 5 heteroatoms. The van der Waals surface area contributed by atoms with Gasteiger partial charge in [-0.1, -0.05) is 0 Å². The van der Waals surface area contributed by atoms with Crippen LogP contribution in [0.15, 0.2) is 18.2 Å². The van der Waals surface area contributed by atoms with Crippen molar-refractivity contribution in [3.05, 3.63) is 29.6 Å². The molecule has 0 saturated carbocycles. The van der Waals surface area contributed by atoms with Gasteiger partial charge in [-0.15, -0.1) is 0 Å². The van der Waals surface area contributed by atoms with Crippen molar-refractivity contribution in [3.8, 4) is 0 Å². The Labute approximate surface area is 105 Å². The molecule has 1 aromatic rings. The Bertz CT molecular complexity index is 451. The smallest absolute Gasteiger partial charge is 0.254 e. The predicted octanol–water partition coefficient (Wildman–Crippen LogP) is 1.39. The molecule has 1 fully saturated rings. The minimum atomic E-state index is -0.571. The van der Waals surface area contributed by atoms with E-state index < -0.39 is 5.82 Å². The Morgan fingerprint density at radius 2 is 2.33 bits per heavy atom. The Balaban J connectivity index is 2.17. The number of halogens is 1. The lowest BCUT2D eigenvalue weighted by atomic mass is 10.1. The van der Waals surface area contributed by atoms with Crippen LogP contribution >= 0.6 is 0 Å². The standard InChI is InChI=1S/C13H17FN2O2/c14-11-8-9(3-4-12(11)15)13(18)16-6-1-2-10(16)5-7-17/h3-4,8,10,17H,1-2,5-7,15H2. The molecule has 0 spiro atoms. The molecule has 18 heavy (non-hydrogen) atoms. The van der Waals surface area contributed by atoms with Crippen LogP contribution in [0.1, 0.15) is 29.6 Å². The van der Waals surface area contributed by atoms with Crippen molar-refractivity contribution in [1.29, 1.82) is 0 Å². The molecule has 1 heterocycles. The summed E-state index contributed by atoms with van der Waals surface area (Å²) in [5.74, 6) is -0.761. The molecular formula is C13H17FN2O2. The molecule has 3 N–H and O–H groups in total. The molecule has 0 aliphatic carbocycles. The third kappa shape index (κ3) is 2.46. The lowest BCUT2D eigenvalue weighted by Gasteiger charge is -2.24. The Kier molecular flexibility index (Phi) is 3.81. The maximum Gasteiger partial charge on any atom is 0.254 e. The lowest BCUT2D eigenvalue weighted by Crippen LogP contribution is -2.36. The third-order valence-electron chi connectivity index (χ3n) is 3.35. The minimum Gasteiger partial charge on any atom is -0.396 e. The average Bonchev–Trinajstić information content (AvgIpc) is 2.80. The summed E-state index contributed by atoms with van der Waals surface area (Å²) >= 11 is 0. The normalized spacial score (nSPS) is 19.2. The number of hydrogen-bond donors (Lipinski definition) is 2. The number of carbonyl (C=O) groups excluding carboxylic acids is 1. The van der Waals surface area contributed by atoms with E-state index in [9.17, 15) is 9.18 Å². The van der Waals surface area contributed by atoms with E-state index in [0.29, 0.717) is 18.5 Å². The van der Waals surface area contributed by atoms with Gasteiger partial charge < -0.3 is 15.7 Å². The zero-order valence-electron chi connectivity index (χ0n) is 10.1. The molecule has 2 rings (SSSR count). The van der Waals surface area contributed by atoms with Crippen LogP contribution < -0.4 is 5.73 Å². The molecule has 1 amide bonds. The summed E-state index contributed by atoms with van der Waals surface area (Å²) in [6, 6.07) is 4.17. The second kappa shape index (κ2) is 5.35. The maximum atomic E-state index is 13.3. The first kappa shape index (κ1) is 12.8. The van der Waals surface area contributed by atoms with Crippen LogP contribution in [0, 0.1) is 5.82 Å². The molecule has 1 unspecified atom stereocenters. The molecule has 0 bridgehead atoms. The van der Waals surface area contributed by atoms with E-state index in [0.717, 1.165) is 12.8 Å². The fraction of sp³-hybridized carbons (Fsp3) is 0.462. The van der Waals surface area contributed by atoms with Gasteiger partial charge in [0, 0.05) is 24.8 Å². The van der Waals surface area contributed by atoms with Crippen LogP contribution in [0.3, 0.4) is 0 Å². The van der Waals surface area contributed by atoms with Gasteiger partial charge in [0.25, 0.3) is 5.91 Å². The van der Waals surface area contributed by atoms with E-state index in [1.54, 1.807) is 4.90 Å². The van der Waals surface area contributed by atoms with Crippen LogP contribution in [-0.4, -0.2) is 35.1 Å². The quantitative estimate of drug-likeness (QED) is 0.799. The van der Waals surface area contributed by atoms with Gasteiger partial charge in [-0.25, -0.2) is 4.39 Å². The second-order valence-electron chi connectivity index (χ2n) is 4.54. The van der Waals surface area contributed by atoms with E-state index in [4.69, 9.17) is 10.8 Å². The number of anilines is 1. The number of aliphatic hydroxyl groups excluding tert-OH is 1. The van der Waals surface area contributed by atoms with E-state index in [1.807, 2.05) is 0 Å². The van der Waals surface area contributed by atoms with Gasteiger partial charge in [0.2, 0.25) is 0 Å². The first-order chi connectivity index (χ1) is 8.63. The van der Waals surface area contributed by atoms with Crippen LogP contribution in [0.5, 0.6) is 0 Å². The van der Waals surface area contributed by atoms with Crippen molar-refractivity contribution >= 4 is 11.6 Å². The molecule has 1 aromatic carbocycles. The van der Waals surface area contributed by atoms with Crippen LogP contribution in [0.2, 0.25) is 0 Å². The van der Waals surface area contributed by atoms with Crippen LogP contribution in [0.25, 0.3) is 0 Å². The minimum absolute atomic E-state index is 0.0416. The zero-order valence-corrected chi connectivity index (χ0v) is 10.1. The number of nitrogens with zero attached hydrogens (tertiary/aromatic N) is 1. The average molecular weight is 252 g/mol. The largest absolute Gasteiger partial charge is 0.396 e. The lowest BCUT2D eigenvalue weighted by molar-refractivity contribution is 0.0716. The number of nitrogen functional groups attached to an aromatic ring is 1. The first-order valence-electron chi connectivity index (χ1n) is 6.10. The molecule has 4 nitrogen and oxygen atoms in total. The fourth-order valence-electron chi connectivity index (χ4n) is 2.38. The molecule has 98 valence electrons. The van der Waals surface area contributed by atoms with Crippen molar-refractivity contribution in [2.45, 2.75) is 25.3 Å². The summed E-state index contributed by atoms with van der Waals surface area (Å²) in [7, 11) is 0. The Morgan fingerprint density at radius 1 is 1.56 bits per heavy atom. The highest BCUT2D eigenvalue weighted by atomic mass is 19.1. The molecule has 0 radical (unpaired) electrons. The van der Waals surface area contributed by atoms with E-state index in [1.165, 1.54) is 18.2 Å². The van der Waals surface area contributed by atoms with Crippen molar-refractivity contribution < 1.29 is 14.3 Å². The number of hydrogen-bond acceptors (Lipinski definition) is 3. The second-order valence-corrected chi connectivity index (χ2v) is 4.54. The summed E-state index contributed by atoms with van der Waals surface area (Å²) in [5, 5.41) is 8.96. The van der Waals surface area contributed by atoms with Crippen molar-refractivity contribution in [2.24, 2.45) is 0 Å². The highest BCUT2D eigenvalue weighted by Gasteiger charge is 2.29. The summed E-state index contributed by atoms with van der Waals surface area (Å²) in [5.41, 5.74) is 5.74. The number of likely N-dealkylation sites (tertiary alicyclic amines) is 1. The number of aliphatic hydroxyl groups is 1. The van der Waals surface area contributed by atoms with Gasteiger partial charge in [-0.3, -0.25) is 4.79 Å². The number of rotatable bonds is 3. The summed E-state index contributed by atoms with van der Waals surface area (Å²) in [4.78, 5) is 13.9. The van der Waals surface area contributed by atoms with Gasteiger partial charge in [-0.2, -0.15) is 0 Å². The van der Waals surface area contributed by atoms with Gasteiger partial charge in [0.05, 0.1) is 5.69 Å². The fourth-order valence-corrected chi connectivity index (χ4v) is 2.38. The van der Waals surface area contributed by atoms with Gasteiger partial charge in [0.15, 0.2) is 0 Å².